The number of carbonyl (C=O) groups excluding carboxylic acids is 1. The summed E-state index contributed by atoms with van der Waals surface area (Å²) in [5, 5.41) is 9.27. The molecule has 0 bridgehead atoms. The zero-order chi connectivity index (χ0) is 14.8. The summed E-state index contributed by atoms with van der Waals surface area (Å²) in [5.74, 6) is -0.674. The fourth-order valence-corrected chi connectivity index (χ4v) is 3.53. The molecule has 6 nitrogen and oxygen atoms in total. The van der Waals surface area contributed by atoms with E-state index in [0.29, 0.717) is 24.8 Å². The molecule has 2 aliphatic rings. The summed E-state index contributed by atoms with van der Waals surface area (Å²) in [6.45, 7) is 2.27. The van der Waals surface area contributed by atoms with Crippen LogP contribution >= 0.6 is 0 Å². The molecule has 0 aromatic carbocycles. The summed E-state index contributed by atoms with van der Waals surface area (Å²) < 4.78 is 0. The van der Waals surface area contributed by atoms with Gasteiger partial charge in [0.1, 0.15) is 11.7 Å². The average molecular weight is 291 g/mol. The van der Waals surface area contributed by atoms with Crippen molar-refractivity contribution in [1.82, 2.24) is 14.8 Å². The molecule has 3 rings (SSSR count). The van der Waals surface area contributed by atoms with Gasteiger partial charge in [0, 0.05) is 25.3 Å². The van der Waals surface area contributed by atoms with E-state index in [-0.39, 0.29) is 11.9 Å². The number of aromatic amines is 1. The van der Waals surface area contributed by atoms with Crippen LogP contribution in [0, 0.1) is 0 Å². The average Bonchev–Trinajstić information content (AvgIpc) is 3.18. The highest BCUT2D eigenvalue weighted by Gasteiger charge is 2.37. The van der Waals surface area contributed by atoms with Crippen molar-refractivity contribution in [3.05, 3.63) is 24.0 Å². The third kappa shape index (κ3) is 2.81. The molecule has 2 aliphatic heterocycles. The molecule has 21 heavy (non-hydrogen) atoms. The van der Waals surface area contributed by atoms with Gasteiger partial charge in [-0.15, -0.1) is 0 Å². The lowest BCUT2D eigenvalue weighted by molar-refractivity contribution is -0.143. The lowest BCUT2D eigenvalue weighted by Gasteiger charge is -2.38. The molecule has 114 valence electrons. The summed E-state index contributed by atoms with van der Waals surface area (Å²) in [6, 6.07) is 3.57. The highest BCUT2D eigenvalue weighted by molar-refractivity contribution is 5.92. The maximum atomic E-state index is 12.2. The number of carboxylic acid groups (broad SMARTS) is 1. The van der Waals surface area contributed by atoms with Gasteiger partial charge in [0.15, 0.2) is 0 Å². The van der Waals surface area contributed by atoms with Crippen molar-refractivity contribution in [2.45, 2.75) is 37.8 Å². The van der Waals surface area contributed by atoms with E-state index in [9.17, 15) is 14.7 Å². The number of nitrogens with zero attached hydrogens (tertiary/aromatic N) is 2. The molecule has 0 saturated carbocycles. The number of rotatable bonds is 3. The zero-order valence-corrected chi connectivity index (χ0v) is 12.0. The van der Waals surface area contributed by atoms with E-state index in [2.05, 4.69) is 9.88 Å². The van der Waals surface area contributed by atoms with Crippen LogP contribution in [0.5, 0.6) is 0 Å². The number of hydrogen-bond donors (Lipinski definition) is 2. The van der Waals surface area contributed by atoms with Crippen molar-refractivity contribution in [2.24, 2.45) is 0 Å². The van der Waals surface area contributed by atoms with E-state index in [0.717, 1.165) is 32.2 Å². The second-order valence-corrected chi connectivity index (χ2v) is 5.84. The summed E-state index contributed by atoms with van der Waals surface area (Å²) in [7, 11) is 0. The number of carbonyl (C=O) groups is 2. The van der Waals surface area contributed by atoms with Crippen molar-refractivity contribution >= 4 is 11.9 Å². The van der Waals surface area contributed by atoms with Gasteiger partial charge in [-0.05, 0) is 44.4 Å². The van der Waals surface area contributed by atoms with Crippen molar-refractivity contribution < 1.29 is 14.7 Å². The Morgan fingerprint density at radius 1 is 1.19 bits per heavy atom. The zero-order valence-electron chi connectivity index (χ0n) is 12.0. The van der Waals surface area contributed by atoms with Gasteiger partial charge in [-0.2, -0.15) is 0 Å². The van der Waals surface area contributed by atoms with Crippen LogP contribution in [0.25, 0.3) is 0 Å². The predicted molar refractivity (Wildman–Crippen MR) is 77.1 cm³/mol. The monoisotopic (exact) mass is 291 g/mol. The first kappa shape index (κ1) is 14.1. The molecule has 2 N–H and O–H groups in total. The molecule has 0 radical (unpaired) electrons. The van der Waals surface area contributed by atoms with E-state index in [4.69, 9.17) is 0 Å². The molecule has 6 heteroatoms. The summed E-state index contributed by atoms with van der Waals surface area (Å²) >= 11 is 0. The van der Waals surface area contributed by atoms with Gasteiger partial charge in [0.05, 0.1) is 0 Å². The van der Waals surface area contributed by atoms with Gasteiger partial charge in [0.25, 0.3) is 5.91 Å². The number of carboxylic acids is 1. The lowest BCUT2D eigenvalue weighted by Crippen LogP contribution is -2.50. The van der Waals surface area contributed by atoms with Crippen LogP contribution in [-0.2, 0) is 4.79 Å². The van der Waals surface area contributed by atoms with Gasteiger partial charge in [-0.25, -0.2) is 0 Å². The van der Waals surface area contributed by atoms with Crippen LogP contribution in [0.3, 0.4) is 0 Å². The topological polar surface area (TPSA) is 76.6 Å². The highest BCUT2D eigenvalue weighted by Crippen LogP contribution is 2.26. The quantitative estimate of drug-likeness (QED) is 0.876. The third-order valence-electron chi connectivity index (χ3n) is 4.63. The normalized spacial score (nSPS) is 24.4. The van der Waals surface area contributed by atoms with E-state index in [1.807, 2.05) is 11.0 Å². The second kappa shape index (κ2) is 5.89. The van der Waals surface area contributed by atoms with E-state index >= 15 is 0 Å². The van der Waals surface area contributed by atoms with Gasteiger partial charge >= 0.3 is 5.97 Å². The lowest BCUT2D eigenvalue weighted by atomic mass is 10.0. The highest BCUT2D eigenvalue weighted by atomic mass is 16.4. The smallest absolute Gasteiger partial charge is 0.320 e. The Bertz CT molecular complexity index is 506. The molecular weight excluding hydrogens is 270 g/mol. The predicted octanol–water partition coefficient (Wildman–Crippen LogP) is 1.17. The maximum Gasteiger partial charge on any atom is 0.320 e. The minimum atomic E-state index is -0.711. The molecule has 3 heterocycles. The maximum absolute atomic E-state index is 12.2. The van der Waals surface area contributed by atoms with Crippen LogP contribution in [0.2, 0.25) is 0 Å². The molecular formula is C15H21N3O3. The van der Waals surface area contributed by atoms with Crippen molar-refractivity contribution in [2.75, 3.05) is 19.6 Å². The van der Waals surface area contributed by atoms with Crippen LogP contribution in [0.15, 0.2) is 18.3 Å². The molecule has 2 saturated heterocycles. The number of hydrogen-bond acceptors (Lipinski definition) is 3. The van der Waals surface area contributed by atoms with Crippen LogP contribution in [-0.4, -0.2) is 63.5 Å². The Labute approximate surface area is 123 Å². The number of aromatic nitrogens is 1. The number of H-pyrrole nitrogens is 1. The molecule has 1 atom stereocenters. The first-order chi connectivity index (χ1) is 10.2. The summed E-state index contributed by atoms with van der Waals surface area (Å²) in [4.78, 5) is 30.4. The second-order valence-electron chi connectivity index (χ2n) is 5.84. The Balaban J connectivity index is 1.58. The van der Waals surface area contributed by atoms with Gasteiger partial charge in [-0.1, -0.05) is 0 Å². The SMILES string of the molecule is O=C(O)C1CCCN1C1CCN(C(=O)c2ccc[nH]2)CC1. The molecule has 1 amide bonds. The van der Waals surface area contributed by atoms with Gasteiger partial charge < -0.3 is 15.0 Å². The molecule has 0 aliphatic carbocycles. The number of likely N-dealkylation sites (tertiary alicyclic amines) is 2. The Morgan fingerprint density at radius 3 is 2.57 bits per heavy atom. The number of piperidine rings is 1. The Morgan fingerprint density at radius 2 is 1.95 bits per heavy atom. The standard InChI is InChI=1S/C15H21N3O3/c19-14(12-3-1-7-16-12)17-9-5-11(6-10-17)18-8-2-4-13(18)15(20)21/h1,3,7,11,13,16H,2,4-6,8-10H2,(H,20,21). The molecule has 1 aromatic heterocycles. The fourth-order valence-electron chi connectivity index (χ4n) is 3.53. The van der Waals surface area contributed by atoms with E-state index < -0.39 is 5.97 Å². The van der Waals surface area contributed by atoms with E-state index in [1.54, 1.807) is 12.3 Å². The fraction of sp³-hybridized carbons (Fsp3) is 0.600. The summed E-state index contributed by atoms with van der Waals surface area (Å²) in [5.41, 5.74) is 0.623. The molecule has 1 aromatic rings. The van der Waals surface area contributed by atoms with Gasteiger partial charge in [0.2, 0.25) is 0 Å². The van der Waals surface area contributed by atoms with Gasteiger partial charge in [-0.3, -0.25) is 14.5 Å². The minimum absolute atomic E-state index is 0.0367. The summed E-state index contributed by atoms with van der Waals surface area (Å²) in [6.07, 6.45) is 5.17. The molecule has 2 fully saturated rings. The largest absolute Gasteiger partial charge is 0.480 e. The van der Waals surface area contributed by atoms with Crippen LogP contribution in [0.4, 0.5) is 0 Å². The van der Waals surface area contributed by atoms with E-state index in [1.165, 1.54) is 0 Å². The Kier molecular flexibility index (Phi) is 3.96. The first-order valence-corrected chi connectivity index (χ1v) is 7.58. The van der Waals surface area contributed by atoms with Crippen LogP contribution < -0.4 is 0 Å². The Hall–Kier alpha value is -1.82. The molecule has 0 spiro atoms. The number of nitrogens with one attached hydrogen (secondary N) is 1. The molecule has 1 unspecified atom stereocenters. The number of amides is 1. The third-order valence-corrected chi connectivity index (χ3v) is 4.63. The van der Waals surface area contributed by atoms with Crippen molar-refractivity contribution in [3.8, 4) is 0 Å². The van der Waals surface area contributed by atoms with Crippen molar-refractivity contribution in [3.63, 3.8) is 0 Å². The van der Waals surface area contributed by atoms with Crippen molar-refractivity contribution in [1.29, 1.82) is 0 Å². The first-order valence-electron chi connectivity index (χ1n) is 7.58. The number of aliphatic carboxylic acids is 1. The minimum Gasteiger partial charge on any atom is -0.480 e. The van der Waals surface area contributed by atoms with Crippen LogP contribution in [0.1, 0.15) is 36.2 Å².